The lowest BCUT2D eigenvalue weighted by Crippen LogP contribution is -2.86. The van der Waals surface area contributed by atoms with Crippen LogP contribution < -0.4 is 10.6 Å². The van der Waals surface area contributed by atoms with Gasteiger partial charge in [0.05, 0.1) is 18.7 Å². The molecule has 1 aliphatic carbocycles. The minimum absolute atomic E-state index is 0.0578. The van der Waals surface area contributed by atoms with Gasteiger partial charge in [0.1, 0.15) is 5.00 Å². The van der Waals surface area contributed by atoms with E-state index in [2.05, 4.69) is 12.2 Å². The predicted octanol–water partition coefficient (Wildman–Crippen LogP) is 1.72. The molecular formula is C16H25N2O3S+. The third-order valence-electron chi connectivity index (χ3n) is 3.73. The van der Waals surface area contributed by atoms with E-state index in [0.717, 1.165) is 44.2 Å². The molecule has 2 rings (SSSR count). The van der Waals surface area contributed by atoms with Gasteiger partial charge in [-0.3, -0.25) is 4.79 Å². The summed E-state index contributed by atoms with van der Waals surface area (Å²) < 4.78 is 5.18. The molecule has 0 saturated heterocycles. The van der Waals surface area contributed by atoms with Crippen molar-refractivity contribution in [2.45, 2.75) is 46.0 Å². The summed E-state index contributed by atoms with van der Waals surface area (Å²) in [7, 11) is 0. The fraction of sp³-hybridized carbons (Fsp3) is 0.625. The number of hydrogen-bond acceptors (Lipinski definition) is 4. The first-order chi connectivity index (χ1) is 10.7. The highest BCUT2D eigenvalue weighted by Crippen LogP contribution is 2.38. The molecule has 1 aliphatic rings. The number of amides is 1. The molecule has 0 bridgehead atoms. The Morgan fingerprint density at radius 2 is 2.05 bits per heavy atom. The van der Waals surface area contributed by atoms with Crippen molar-refractivity contribution in [3.8, 4) is 0 Å². The number of hydrogen-bond donors (Lipinski definition) is 2. The van der Waals surface area contributed by atoms with Gasteiger partial charge in [-0.05, 0) is 44.6 Å². The van der Waals surface area contributed by atoms with Crippen LogP contribution in [0.5, 0.6) is 0 Å². The second-order valence-corrected chi connectivity index (χ2v) is 6.57. The van der Waals surface area contributed by atoms with E-state index < -0.39 is 0 Å². The van der Waals surface area contributed by atoms with Gasteiger partial charge in [0.2, 0.25) is 0 Å². The number of ether oxygens (including phenoxy) is 1. The average molecular weight is 325 g/mol. The molecule has 0 fully saturated rings. The molecule has 1 amide bonds. The van der Waals surface area contributed by atoms with Crippen molar-refractivity contribution in [1.29, 1.82) is 0 Å². The van der Waals surface area contributed by atoms with Crippen LogP contribution in [-0.4, -0.2) is 31.6 Å². The Morgan fingerprint density at radius 3 is 2.77 bits per heavy atom. The maximum atomic E-state index is 12.3. The highest BCUT2D eigenvalue weighted by atomic mass is 32.1. The molecule has 0 aliphatic heterocycles. The van der Waals surface area contributed by atoms with Crippen LogP contribution in [0.2, 0.25) is 0 Å². The summed E-state index contributed by atoms with van der Waals surface area (Å²) in [5.74, 6) is -0.368. The van der Waals surface area contributed by atoms with Crippen molar-refractivity contribution in [3.63, 3.8) is 0 Å². The summed E-state index contributed by atoms with van der Waals surface area (Å²) in [6.07, 6.45) is 5.16. The molecule has 1 aromatic heterocycles. The zero-order valence-corrected chi connectivity index (χ0v) is 14.2. The highest BCUT2D eigenvalue weighted by Gasteiger charge is 2.27. The quantitative estimate of drug-likeness (QED) is 0.592. The van der Waals surface area contributed by atoms with E-state index in [1.807, 2.05) is 5.32 Å². The molecule has 22 heavy (non-hydrogen) atoms. The number of nitrogens with one attached hydrogen (secondary N) is 1. The molecule has 0 saturated carbocycles. The first-order valence-corrected chi connectivity index (χ1v) is 8.92. The predicted molar refractivity (Wildman–Crippen MR) is 87.5 cm³/mol. The Bertz CT molecular complexity index is 540. The smallest absolute Gasteiger partial charge is 0.341 e. The molecule has 6 heteroatoms. The van der Waals surface area contributed by atoms with Crippen molar-refractivity contribution in [2.75, 3.05) is 25.0 Å². The minimum Gasteiger partial charge on any atom is -0.462 e. The summed E-state index contributed by atoms with van der Waals surface area (Å²) in [6, 6.07) is 0. The van der Waals surface area contributed by atoms with Gasteiger partial charge in [0.25, 0.3) is 5.91 Å². The third-order valence-corrected chi connectivity index (χ3v) is 4.93. The van der Waals surface area contributed by atoms with Crippen LogP contribution in [0.3, 0.4) is 0 Å². The van der Waals surface area contributed by atoms with Gasteiger partial charge in [0, 0.05) is 4.88 Å². The van der Waals surface area contributed by atoms with Crippen molar-refractivity contribution in [2.24, 2.45) is 0 Å². The number of thiophene rings is 1. The van der Waals surface area contributed by atoms with E-state index in [1.165, 1.54) is 16.2 Å². The number of carbonyl (C=O) groups excluding carboxylic acids is 2. The molecule has 0 spiro atoms. The first-order valence-electron chi connectivity index (χ1n) is 8.10. The fourth-order valence-corrected chi connectivity index (χ4v) is 3.98. The Hall–Kier alpha value is -1.40. The summed E-state index contributed by atoms with van der Waals surface area (Å²) in [5, 5.41) is 5.56. The molecule has 1 heterocycles. The van der Waals surface area contributed by atoms with Gasteiger partial charge >= 0.3 is 5.97 Å². The normalized spacial score (nSPS) is 13.5. The summed E-state index contributed by atoms with van der Waals surface area (Å²) in [4.78, 5) is 25.5. The highest BCUT2D eigenvalue weighted by molar-refractivity contribution is 7.17. The number of aryl methyl sites for hydroxylation is 1. The number of carbonyl (C=O) groups is 2. The molecule has 0 unspecified atom stereocenters. The van der Waals surface area contributed by atoms with E-state index >= 15 is 0 Å². The van der Waals surface area contributed by atoms with E-state index in [9.17, 15) is 9.59 Å². The number of anilines is 1. The van der Waals surface area contributed by atoms with Gasteiger partial charge in [0.15, 0.2) is 6.54 Å². The van der Waals surface area contributed by atoms with Gasteiger partial charge in [-0.15, -0.1) is 11.3 Å². The minimum atomic E-state index is -0.310. The lowest BCUT2D eigenvalue weighted by atomic mass is 9.95. The van der Waals surface area contributed by atoms with Gasteiger partial charge in [-0.2, -0.15) is 0 Å². The van der Waals surface area contributed by atoms with Crippen molar-refractivity contribution < 1.29 is 19.6 Å². The SMILES string of the molecule is CCC[NH2+]CC(=O)Nc1sc2c(c1C(=O)OCC)CCCC2. The molecule has 1 aromatic rings. The second kappa shape index (κ2) is 8.29. The number of rotatable bonds is 7. The third kappa shape index (κ3) is 4.08. The van der Waals surface area contributed by atoms with Crippen molar-refractivity contribution in [3.05, 3.63) is 16.0 Å². The fourth-order valence-electron chi connectivity index (χ4n) is 2.69. The van der Waals surface area contributed by atoms with Crippen molar-refractivity contribution in [1.82, 2.24) is 0 Å². The van der Waals surface area contributed by atoms with Crippen LogP contribution in [0.15, 0.2) is 0 Å². The molecule has 3 N–H and O–H groups in total. The Balaban J connectivity index is 2.17. The summed E-state index contributed by atoms with van der Waals surface area (Å²) in [6.45, 7) is 5.55. The molecule has 5 nitrogen and oxygen atoms in total. The van der Waals surface area contributed by atoms with E-state index in [0.29, 0.717) is 23.7 Å². The second-order valence-electron chi connectivity index (χ2n) is 5.47. The molecule has 0 aromatic carbocycles. The van der Waals surface area contributed by atoms with E-state index in [-0.39, 0.29) is 11.9 Å². The number of esters is 1. The monoisotopic (exact) mass is 325 g/mol. The van der Waals surface area contributed by atoms with Gasteiger partial charge in [-0.1, -0.05) is 6.92 Å². The molecule has 0 radical (unpaired) electrons. The van der Waals surface area contributed by atoms with Crippen LogP contribution in [-0.2, 0) is 22.4 Å². The van der Waals surface area contributed by atoms with Crippen LogP contribution >= 0.6 is 11.3 Å². The lowest BCUT2D eigenvalue weighted by molar-refractivity contribution is -0.643. The van der Waals surface area contributed by atoms with Crippen LogP contribution in [0.25, 0.3) is 0 Å². The topological polar surface area (TPSA) is 72.0 Å². The maximum Gasteiger partial charge on any atom is 0.341 e. The van der Waals surface area contributed by atoms with Crippen molar-refractivity contribution >= 4 is 28.2 Å². The number of quaternary nitrogens is 1. The number of nitrogens with two attached hydrogens (primary N) is 1. The summed E-state index contributed by atoms with van der Waals surface area (Å²) in [5.41, 5.74) is 1.67. The van der Waals surface area contributed by atoms with Crippen LogP contribution in [0.1, 0.15) is 53.9 Å². The Kier molecular flexibility index (Phi) is 6.39. The molecular weight excluding hydrogens is 300 g/mol. The molecule has 0 atom stereocenters. The van der Waals surface area contributed by atoms with Crippen LogP contribution in [0.4, 0.5) is 5.00 Å². The maximum absolute atomic E-state index is 12.3. The average Bonchev–Trinajstić information content (AvgIpc) is 2.85. The first kappa shape index (κ1) is 17.0. The zero-order valence-electron chi connectivity index (χ0n) is 13.4. The Morgan fingerprint density at radius 1 is 1.27 bits per heavy atom. The summed E-state index contributed by atoms with van der Waals surface area (Å²) >= 11 is 1.54. The number of fused-ring (bicyclic) bond motifs is 1. The van der Waals surface area contributed by atoms with Crippen LogP contribution in [0, 0.1) is 0 Å². The van der Waals surface area contributed by atoms with Gasteiger partial charge in [-0.25, -0.2) is 4.79 Å². The van der Waals surface area contributed by atoms with Gasteiger partial charge < -0.3 is 15.4 Å². The molecule has 122 valence electrons. The Labute approximate surface area is 135 Å². The lowest BCUT2D eigenvalue weighted by Gasteiger charge is -2.12. The van der Waals surface area contributed by atoms with E-state index in [4.69, 9.17) is 4.74 Å². The largest absolute Gasteiger partial charge is 0.462 e. The zero-order chi connectivity index (χ0) is 15.9. The van der Waals surface area contributed by atoms with E-state index in [1.54, 1.807) is 6.92 Å². The standard InChI is InChI=1S/C16H24N2O3S/c1-3-9-17-10-13(19)18-15-14(16(20)21-4-2)11-7-5-6-8-12(11)22-15/h17H,3-10H2,1-2H3,(H,18,19)/p+1.